The molecule has 0 aromatic carbocycles. The number of hydrogen-bond acceptors (Lipinski definition) is 3. The summed E-state index contributed by atoms with van der Waals surface area (Å²) in [4.78, 5) is 3.70. The Kier molecular flexibility index (Phi) is 5.64. The topological polar surface area (TPSA) is 50.1 Å². The molecule has 0 bridgehead atoms. The van der Waals surface area contributed by atoms with Crippen LogP contribution in [0.4, 0.5) is 13.2 Å². The van der Waals surface area contributed by atoms with Gasteiger partial charge >= 0.3 is 6.18 Å². The summed E-state index contributed by atoms with van der Waals surface area (Å²) < 4.78 is 41.4. The Morgan fingerprint density at radius 1 is 1.33 bits per heavy atom. The van der Waals surface area contributed by atoms with Gasteiger partial charge in [0.1, 0.15) is 5.82 Å². The first-order valence-electron chi connectivity index (χ1n) is 8.53. The molecular weight excluding hydrogens is 319 g/mol. The number of aromatic nitrogens is 2. The number of rotatable bonds is 6. The second-order valence-electron chi connectivity index (χ2n) is 7.78. The normalized spacial score (nSPS) is 21.6. The zero-order chi connectivity index (χ0) is 18.0. The minimum absolute atomic E-state index is 0.1000. The molecule has 1 unspecified atom stereocenters. The highest BCUT2D eigenvalue weighted by molar-refractivity contribution is 5.08. The van der Waals surface area contributed by atoms with Crippen LogP contribution in [0.25, 0.3) is 0 Å². The Hall–Kier alpha value is -1.08. The van der Waals surface area contributed by atoms with Crippen molar-refractivity contribution < 1.29 is 18.3 Å². The van der Waals surface area contributed by atoms with Gasteiger partial charge in [-0.05, 0) is 50.1 Å². The molecule has 1 heterocycles. The van der Waals surface area contributed by atoms with Crippen LogP contribution in [0, 0.1) is 11.3 Å². The molecule has 0 aliphatic heterocycles. The summed E-state index contributed by atoms with van der Waals surface area (Å²) in [7, 11) is 1.45. The van der Waals surface area contributed by atoms with Crippen molar-refractivity contribution in [3.63, 3.8) is 0 Å². The second-order valence-corrected chi connectivity index (χ2v) is 7.78. The predicted octanol–water partition coefficient (Wildman–Crippen LogP) is 3.37. The molecule has 7 heteroatoms. The summed E-state index contributed by atoms with van der Waals surface area (Å²) in [6, 6.07) is 0. The van der Waals surface area contributed by atoms with Crippen molar-refractivity contribution in [3.8, 4) is 0 Å². The average molecular weight is 347 g/mol. The van der Waals surface area contributed by atoms with E-state index in [1.165, 1.54) is 24.0 Å². The molecule has 1 aromatic rings. The van der Waals surface area contributed by atoms with E-state index in [9.17, 15) is 18.3 Å². The smallest absolute Gasteiger partial charge is 0.374 e. The molecule has 1 aliphatic carbocycles. The highest BCUT2D eigenvalue weighted by atomic mass is 19.4. The molecule has 1 aliphatic rings. The summed E-state index contributed by atoms with van der Waals surface area (Å²) >= 11 is 0. The molecule has 1 atom stereocenters. The van der Waals surface area contributed by atoms with Gasteiger partial charge in [0.2, 0.25) is 5.60 Å². The number of halogens is 3. The van der Waals surface area contributed by atoms with Gasteiger partial charge in [-0.1, -0.05) is 13.8 Å². The van der Waals surface area contributed by atoms with Crippen molar-refractivity contribution in [2.45, 2.75) is 57.7 Å². The number of hydrogen-bond donors (Lipinski definition) is 2. The van der Waals surface area contributed by atoms with E-state index in [1.54, 1.807) is 0 Å². The second kappa shape index (κ2) is 7.04. The van der Waals surface area contributed by atoms with Crippen LogP contribution in [-0.2, 0) is 12.6 Å². The molecule has 2 N–H and O–H groups in total. The first-order valence-corrected chi connectivity index (χ1v) is 8.53. The molecule has 138 valence electrons. The number of imidazole rings is 1. The lowest BCUT2D eigenvalue weighted by atomic mass is 9.73. The van der Waals surface area contributed by atoms with E-state index in [-0.39, 0.29) is 12.4 Å². The molecule has 4 nitrogen and oxygen atoms in total. The van der Waals surface area contributed by atoms with Crippen LogP contribution in [0.2, 0.25) is 0 Å². The SMILES string of the molecule is Cn1ccnc1C(O)(CCNCC1CCC(C)(C)CC1)C(F)(F)F. The van der Waals surface area contributed by atoms with E-state index in [0.717, 1.165) is 25.7 Å². The van der Waals surface area contributed by atoms with Crippen molar-refractivity contribution in [1.29, 1.82) is 0 Å². The lowest BCUT2D eigenvalue weighted by Gasteiger charge is -2.34. The van der Waals surface area contributed by atoms with Crippen molar-refractivity contribution >= 4 is 0 Å². The molecule has 1 aromatic heterocycles. The average Bonchev–Trinajstić information content (AvgIpc) is 2.90. The Balaban J connectivity index is 1.88. The Labute approximate surface area is 141 Å². The molecule has 0 amide bonds. The molecule has 0 spiro atoms. The number of nitrogens with one attached hydrogen (secondary N) is 1. The van der Waals surface area contributed by atoms with Crippen molar-refractivity contribution in [1.82, 2.24) is 14.9 Å². The van der Waals surface area contributed by atoms with Crippen LogP contribution in [0.5, 0.6) is 0 Å². The maximum absolute atomic E-state index is 13.4. The van der Waals surface area contributed by atoms with Gasteiger partial charge in [0.25, 0.3) is 0 Å². The Morgan fingerprint density at radius 2 is 1.96 bits per heavy atom. The third kappa shape index (κ3) is 4.30. The third-order valence-corrected chi connectivity index (χ3v) is 5.22. The van der Waals surface area contributed by atoms with E-state index in [0.29, 0.717) is 17.9 Å². The van der Waals surface area contributed by atoms with Gasteiger partial charge in [0.05, 0.1) is 0 Å². The van der Waals surface area contributed by atoms with Gasteiger partial charge in [-0.2, -0.15) is 13.2 Å². The maximum Gasteiger partial charge on any atom is 0.424 e. The fraction of sp³-hybridized carbons (Fsp3) is 0.824. The van der Waals surface area contributed by atoms with Crippen LogP contribution in [0.1, 0.15) is 51.8 Å². The summed E-state index contributed by atoms with van der Waals surface area (Å²) in [5.74, 6) is 0.140. The molecule has 24 heavy (non-hydrogen) atoms. The molecule has 0 radical (unpaired) electrons. The number of alkyl halides is 3. The molecule has 1 fully saturated rings. The van der Waals surface area contributed by atoms with E-state index < -0.39 is 18.2 Å². The summed E-state index contributed by atoms with van der Waals surface area (Å²) in [6.45, 7) is 5.31. The lowest BCUT2D eigenvalue weighted by molar-refractivity contribution is -0.272. The predicted molar refractivity (Wildman–Crippen MR) is 86.4 cm³/mol. The monoisotopic (exact) mass is 347 g/mol. The highest BCUT2D eigenvalue weighted by Crippen LogP contribution is 2.40. The number of nitrogens with zero attached hydrogens (tertiary/aromatic N) is 2. The summed E-state index contributed by atoms with van der Waals surface area (Å²) in [5, 5.41) is 13.3. The Bertz CT molecular complexity index is 531. The fourth-order valence-electron chi connectivity index (χ4n) is 3.38. The molecule has 2 rings (SSSR count). The van der Waals surface area contributed by atoms with Crippen LogP contribution in [0.15, 0.2) is 12.4 Å². The highest BCUT2D eigenvalue weighted by Gasteiger charge is 2.57. The van der Waals surface area contributed by atoms with Gasteiger partial charge in [-0.15, -0.1) is 0 Å². The Morgan fingerprint density at radius 3 is 2.46 bits per heavy atom. The largest absolute Gasteiger partial charge is 0.424 e. The van der Waals surface area contributed by atoms with Gasteiger partial charge in [-0.25, -0.2) is 4.98 Å². The number of aliphatic hydroxyl groups is 1. The molecule has 0 saturated heterocycles. The zero-order valence-electron chi connectivity index (χ0n) is 14.7. The van der Waals surface area contributed by atoms with Crippen molar-refractivity contribution in [2.75, 3.05) is 13.1 Å². The van der Waals surface area contributed by atoms with Crippen LogP contribution >= 0.6 is 0 Å². The van der Waals surface area contributed by atoms with Gasteiger partial charge in [0.15, 0.2) is 0 Å². The van der Waals surface area contributed by atoms with Crippen molar-refractivity contribution in [2.24, 2.45) is 18.4 Å². The minimum Gasteiger partial charge on any atom is -0.374 e. The van der Waals surface area contributed by atoms with Gasteiger partial charge in [0, 0.05) is 25.9 Å². The summed E-state index contributed by atoms with van der Waals surface area (Å²) in [6.07, 6.45) is 1.97. The molecular formula is C17H28F3N3O. The first kappa shape index (κ1) is 19.2. The molecule has 1 saturated carbocycles. The van der Waals surface area contributed by atoms with E-state index in [2.05, 4.69) is 24.1 Å². The minimum atomic E-state index is -4.76. The van der Waals surface area contributed by atoms with Crippen LogP contribution in [0.3, 0.4) is 0 Å². The third-order valence-electron chi connectivity index (χ3n) is 5.22. The van der Waals surface area contributed by atoms with E-state index >= 15 is 0 Å². The van der Waals surface area contributed by atoms with Gasteiger partial charge < -0.3 is 15.0 Å². The summed E-state index contributed by atoms with van der Waals surface area (Å²) in [5.41, 5.74) is -2.54. The quantitative estimate of drug-likeness (QED) is 0.776. The maximum atomic E-state index is 13.4. The van der Waals surface area contributed by atoms with E-state index in [1.807, 2.05) is 0 Å². The van der Waals surface area contributed by atoms with Crippen molar-refractivity contribution in [3.05, 3.63) is 18.2 Å². The van der Waals surface area contributed by atoms with Crippen LogP contribution in [-0.4, -0.2) is 33.9 Å². The first-order chi connectivity index (χ1) is 11.1. The fourth-order valence-corrected chi connectivity index (χ4v) is 3.38. The number of aryl methyl sites for hydroxylation is 1. The van der Waals surface area contributed by atoms with Crippen LogP contribution < -0.4 is 5.32 Å². The standard InChI is InChI=1S/C17H28F3N3O/c1-15(2)6-4-13(5-7-15)12-21-9-8-16(24,17(18,19)20)14-22-10-11-23(14)3/h10-11,13,21,24H,4-9,12H2,1-3H3. The van der Waals surface area contributed by atoms with E-state index in [4.69, 9.17) is 0 Å². The lowest BCUT2D eigenvalue weighted by Crippen LogP contribution is -2.46. The zero-order valence-corrected chi connectivity index (χ0v) is 14.7. The van der Waals surface area contributed by atoms with Gasteiger partial charge in [-0.3, -0.25) is 0 Å².